The van der Waals surface area contributed by atoms with E-state index < -0.39 is 22.1 Å². The minimum atomic E-state index is -3.93. The van der Waals surface area contributed by atoms with Crippen LogP contribution >= 0.6 is 15.9 Å². The van der Waals surface area contributed by atoms with Gasteiger partial charge in [-0.25, -0.2) is 13.2 Å². The Morgan fingerprint density at radius 1 is 1.48 bits per heavy atom. The van der Waals surface area contributed by atoms with Gasteiger partial charge in [0.25, 0.3) is 0 Å². The van der Waals surface area contributed by atoms with E-state index in [4.69, 9.17) is 9.84 Å². The highest BCUT2D eigenvalue weighted by Crippen LogP contribution is 2.26. The van der Waals surface area contributed by atoms with Gasteiger partial charge in [-0.2, -0.15) is 4.31 Å². The van der Waals surface area contributed by atoms with Gasteiger partial charge in [0.1, 0.15) is 0 Å². The van der Waals surface area contributed by atoms with E-state index in [9.17, 15) is 18.3 Å². The number of nitrogens with zero attached hydrogens (tertiary/aromatic N) is 1. The zero-order valence-electron chi connectivity index (χ0n) is 11.5. The lowest BCUT2D eigenvalue weighted by Gasteiger charge is -2.21. The molecule has 0 aliphatic heterocycles. The van der Waals surface area contributed by atoms with Gasteiger partial charge in [-0.3, -0.25) is 0 Å². The van der Waals surface area contributed by atoms with Crippen molar-refractivity contribution < 1.29 is 28.2 Å². The van der Waals surface area contributed by atoms with Crippen molar-refractivity contribution in [2.24, 2.45) is 0 Å². The van der Waals surface area contributed by atoms with Gasteiger partial charge in [-0.1, -0.05) is 0 Å². The summed E-state index contributed by atoms with van der Waals surface area (Å²) in [5.74, 6) is -1.22. The van der Waals surface area contributed by atoms with Gasteiger partial charge in [0.2, 0.25) is 10.0 Å². The number of likely N-dealkylation sites (N-methyl/N-ethyl adjacent to an activating group) is 1. The molecule has 1 rings (SSSR count). The van der Waals surface area contributed by atoms with Gasteiger partial charge in [0.05, 0.1) is 23.2 Å². The Morgan fingerprint density at radius 3 is 2.62 bits per heavy atom. The van der Waals surface area contributed by atoms with Crippen molar-refractivity contribution in [2.45, 2.75) is 11.0 Å². The van der Waals surface area contributed by atoms with Gasteiger partial charge < -0.3 is 14.9 Å². The van der Waals surface area contributed by atoms with Gasteiger partial charge >= 0.3 is 5.97 Å². The van der Waals surface area contributed by atoms with Crippen LogP contribution < -0.4 is 0 Å². The fraction of sp³-hybridized carbons (Fsp3) is 0.417. The minimum absolute atomic E-state index is 0.00377. The second-order valence-electron chi connectivity index (χ2n) is 4.35. The Balaban J connectivity index is 3.12. The molecule has 0 spiro atoms. The summed E-state index contributed by atoms with van der Waals surface area (Å²) in [6, 6.07) is 3.72. The summed E-state index contributed by atoms with van der Waals surface area (Å²) >= 11 is 3.09. The van der Waals surface area contributed by atoms with Crippen molar-refractivity contribution in [3.05, 3.63) is 28.2 Å². The SMILES string of the molecule is COCC(O)CN(C)S(=O)(=O)c1cc(C(=O)O)ccc1Br. The number of hydrogen-bond donors (Lipinski definition) is 2. The zero-order chi connectivity index (χ0) is 16.2. The number of ether oxygens (including phenoxy) is 1. The number of benzene rings is 1. The van der Waals surface area contributed by atoms with Crippen molar-refractivity contribution in [3.63, 3.8) is 0 Å². The predicted molar refractivity (Wildman–Crippen MR) is 78.8 cm³/mol. The van der Waals surface area contributed by atoms with E-state index in [0.717, 1.165) is 10.4 Å². The third-order valence-corrected chi connectivity index (χ3v) is 5.51. The Bertz CT molecular complexity index is 618. The van der Waals surface area contributed by atoms with Crippen LogP contribution in [0.5, 0.6) is 0 Å². The molecular weight excluding hydrogens is 366 g/mol. The average Bonchev–Trinajstić information content (AvgIpc) is 2.38. The molecule has 0 saturated carbocycles. The highest BCUT2D eigenvalue weighted by atomic mass is 79.9. The average molecular weight is 382 g/mol. The number of rotatable bonds is 7. The number of aliphatic hydroxyl groups is 1. The maximum absolute atomic E-state index is 12.4. The number of halogens is 1. The molecule has 0 bridgehead atoms. The van der Waals surface area contributed by atoms with Crippen LogP contribution in [0.4, 0.5) is 0 Å². The summed E-state index contributed by atoms with van der Waals surface area (Å²) in [7, 11) is -1.24. The van der Waals surface area contributed by atoms with E-state index in [2.05, 4.69) is 15.9 Å². The first kappa shape index (κ1) is 18.1. The van der Waals surface area contributed by atoms with Gasteiger partial charge in [-0.15, -0.1) is 0 Å². The molecule has 0 radical (unpaired) electrons. The lowest BCUT2D eigenvalue weighted by Crippen LogP contribution is -2.36. The molecule has 0 saturated heterocycles. The molecule has 21 heavy (non-hydrogen) atoms. The van der Waals surface area contributed by atoms with E-state index in [1.54, 1.807) is 0 Å². The standard InChI is InChI=1S/C12H16BrNO6S/c1-14(6-9(15)7-20-2)21(18,19)11-5-8(12(16)17)3-4-10(11)13/h3-5,9,15H,6-7H2,1-2H3,(H,16,17). The molecule has 0 amide bonds. The van der Waals surface area contributed by atoms with Crippen LogP contribution in [0.25, 0.3) is 0 Å². The highest BCUT2D eigenvalue weighted by Gasteiger charge is 2.26. The summed E-state index contributed by atoms with van der Waals surface area (Å²) in [5, 5.41) is 18.5. The van der Waals surface area contributed by atoms with Gasteiger partial charge in [0, 0.05) is 25.2 Å². The topological polar surface area (TPSA) is 104 Å². The van der Waals surface area contributed by atoms with Crippen molar-refractivity contribution in [1.82, 2.24) is 4.31 Å². The molecule has 0 aliphatic rings. The van der Waals surface area contributed by atoms with Crippen LogP contribution in [0.2, 0.25) is 0 Å². The number of aliphatic hydroxyl groups excluding tert-OH is 1. The maximum atomic E-state index is 12.4. The Morgan fingerprint density at radius 2 is 2.10 bits per heavy atom. The maximum Gasteiger partial charge on any atom is 0.335 e. The summed E-state index contributed by atoms with van der Waals surface area (Å²) < 4.78 is 30.8. The fourth-order valence-electron chi connectivity index (χ4n) is 1.64. The van der Waals surface area contributed by atoms with Crippen LogP contribution in [-0.4, -0.2) is 62.3 Å². The van der Waals surface area contributed by atoms with E-state index >= 15 is 0 Å². The number of carbonyl (C=O) groups is 1. The second kappa shape index (κ2) is 7.32. The Labute approximate surface area is 131 Å². The molecule has 0 fully saturated rings. The monoisotopic (exact) mass is 381 g/mol. The van der Waals surface area contributed by atoms with Crippen molar-refractivity contribution in [3.8, 4) is 0 Å². The van der Waals surface area contributed by atoms with Crippen LogP contribution in [0.3, 0.4) is 0 Å². The van der Waals surface area contributed by atoms with Gasteiger partial charge in [0.15, 0.2) is 0 Å². The van der Waals surface area contributed by atoms with Crippen molar-refractivity contribution in [2.75, 3.05) is 27.3 Å². The minimum Gasteiger partial charge on any atom is -0.478 e. The van der Waals surface area contributed by atoms with Crippen LogP contribution in [0, 0.1) is 0 Å². The van der Waals surface area contributed by atoms with Crippen LogP contribution in [0.1, 0.15) is 10.4 Å². The van der Waals surface area contributed by atoms with Crippen LogP contribution in [0.15, 0.2) is 27.6 Å². The second-order valence-corrected chi connectivity index (χ2v) is 7.21. The van der Waals surface area contributed by atoms with E-state index in [0.29, 0.717) is 0 Å². The number of carboxylic acid groups (broad SMARTS) is 1. The first-order valence-electron chi connectivity index (χ1n) is 5.86. The first-order valence-corrected chi connectivity index (χ1v) is 8.09. The molecule has 2 N–H and O–H groups in total. The molecule has 1 aromatic rings. The van der Waals surface area contributed by atoms with Crippen LogP contribution in [-0.2, 0) is 14.8 Å². The molecule has 1 atom stereocenters. The normalized spacial score (nSPS) is 13.4. The van der Waals surface area contributed by atoms with Crippen molar-refractivity contribution in [1.29, 1.82) is 0 Å². The van der Waals surface area contributed by atoms with E-state index in [1.807, 2.05) is 0 Å². The first-order chi connectivity index (χ1) is 9.70. The summed E-state index contributed by atoms with van der Waals surface area (Å²) in [6.07, 6.45) is -0.976. The van der Waals surface area contributed by atoms with E-state index in [-0.39, 0.29) is 28.1 Å². The number of aromatic carboxylic acids is 1. The molecule has 7 nitrogen and oxygen atoms in total. The third kappa shape index (κ3) is 4.48. The van der Waals surface area contributed by atoms with Crippen molar-refractivity contribution >= 4 is 31.9 Å². The highest BCUT2D eigenvalue weighted by molar-refractivity contribution is 9.10. The number of carboxylic acids is 1. The summed E-state index contributed by atoms with van der Waals surface area (Å²) in [6.45, 7) is -0.171. The molecule has 0 aliphatic carbocycles. The Kier molecular flexibility index (Phi) is 6.29. The smallest absolute Gasteiger partial charge is 0.335 e. The van der Waals surface area contributed by atoms with E-state index in [1.165, 1.54) is 26.3 Å². The lowest BCUT2D eigenvalue weighted by atomic mass is 10.2. The lowest BCUT2D eigenvalue weighted by molar-refractivity contribution is 0.0554. The third-order valence-electron chi connectivity index (χ3n) is 2.69. The van der Waals surface area contributed by atoms with Gasteiger partial charge in [-0.05, 0) is 34.1 Å². The number of methoxy groups -OCH3 is 1. The predicted octanol–water partition coefficient (Wildman–Crippen LogP) is 0.775. The summed E-state index contributed by atoms with van der Waals surface area (Å²) in [4.78, 5) is 10.8. The largest absolute Gasteiger partial charge is 0.478 e. The molecule has 0 heterocycles. The zero-order valence-corrected chi connectivity index (χ0v) is 13.9. The molecular formula is C12H16BrNO6S. The quantitative estimate of drug-likeness (QED) is 0.722. The molecule has 9 heteroatoms. The molecule has 1 aromatic carbocycles. The molecule has 1 unspecified atom stereocenters. The fourth-order valence-corrected chi connectivity index (χ4v) is 3.80. The molecule has 118 valence electrons. The number of hydrogen-bond acceptors (Lipinski definition) is 5. The number of sulfonamides is 1. The summed E-state index contributed by atoms with van der Waals surface area (Å²) in [5.41, 5.74) is -0.136. The molecule has 0 aromatic heterocycles. The Hall–Kier alpha value is -1.00.